The molecular formula is C20H25NO. The van der Waals surface area contributed by atoms with Gasteiger partial charge >= 0.3 is 0 Å². The van der Waals surface area contributed by atoms with Crippen LogP contribution < -0.4 is 5.32 Å². The second-order valence-corrected chi connectivity index (χ2v) is 7.09. The van der Waals surface area contributed by atoms with Crippen molar-refractivity contribution >= 4 is 5.91 Å². The zero-order valence-electron chi connectivity index (χ0n) is 14.4. The molecule has 2 nitrogen and oxygen atoms in total. The molecule has 0 saturated heterocycles. The Labute approximate surface area is 133 Å². The van der Waals surface area contributed by atoms with Gasteiger partial charge in [0.1, 0.15) is 0 Å². The highest BCUT2D eigenvalue weighted by Gasteiger charge is 2.16. The Morgan fingerprint density at radius 3 is 2.14 bits per heavy atom. The molecule has 0 aliphatic rings. The number of nitrogens with one attached hydrogen (secondary N) is 1. The van der Waals surface area contributed by atoms with Crippen molar-refractivity contribution in [3.05, 3.63) is 58.7 Å². The lowest BCUT2D eigenvalue weighted by atomic mass is 9.96. The minimum atomic E-state index is -0.235. The van der Waals surface area contributed by atoms with Crippen LogP contribution >= 0.6 is 0 Å². The number of benzene rings is 2. The molecule has 0 aromatic heterocycles. The van der Waals surface area contributed by atoms with Gasteiger partial charge in [0.2, 0.25) is 0 Å². The van der Waals surface area contributed by atoms with Gasteiger partial charge in [-0.3, -0.25) is 4.79 Å². The maximum Gasteiger partial charge on any atom is 0.251 e. The Kier molecular flexibility index (Phi) is 4.41. The van der Waals surface area contributed by atoms with E-state index in [1.807, 2.05) is 39.8 Å². The minimum absolute atomic E-state index is 0.0266. The molecule has 1 N–H and O–H groups in total. The lowest BCUT2D eigenvalue weighted by Crippen LogP contribution is -2.40. The van der Waals surface area contributed by atoms with Crippen LogP contribution in [0.5, 0.6) is 0 Å². The summed E-state index contributed by atoms with van der Waals surface area (Å²) >= 11 is 0. The Morgan fingerprint density at radius 1 is 0.864 bits per heavy atom. The molecule has 0 aliphatic carbocycles. The van der Waals surface area contributed by atoms with E-state index in [9.17, 15) is 4.79 Å². The summed E-state index contributed by atoms with van der Waals surface area (Å²) in [5, 5.41) is 3.02. The number of hydrogen-bond acceptors (Lipinski definition) is 1. The Hall–Kier alpha value is -2.09. The van der Waals surface area contributed by atoms with Gasteiger partial charge in [-0.15, -0.1) is 0 Å². The van der Waals surface area contributed by atoms with Crippen LogP contribution in [-0.4, -0.2) is 11.4 Å². The predicted molar refractivity (Wildman–Crippen MR) is 93.3 cm³/mol. The highest BCUT2D eigenvalue weighted by molar-refractivity contribution is 5.96. The lowest BCUT2D eigenvalue weighted by Gasteiger charge is -2.21. The summed E-state index contributed by atoms with van der Waals surface area (Å²) in [7, 11) is 0. The second-order valence-electron chi connectivity index (χ2n) is 7.09. The van der Waals surface area contributed by atoms with Crippen LogP contribution in [0.3, 0.4) is 0 Å². The first-order valence-corrected chi connectivity index (χ1v) is 7.67. The third kappa shape index (κ3) is 3.97. The van der Waals surface area contributed by atoms with E-state index < -0.39 is 0 Å². The third-order valence-corrected chi connectivity index (χ3v) is 3.67. The lowest BCUT2D eigenvalue weighted by molar-refractivity contribution is 0.0919. The van der Waals surface area contributed by atoms with Gasteiger partial charge in [-0.2, -0.15) is 0 Å². The first kappa shape index (κ1) is 16.3. The normalized spacial score (nSPS) is 11.4. The number of hydrogen-bond donors (Lipinski definition) is 1. The van der Waals surface area contributed by atoms with Crippen molar-refractivity contribution in [2.45, 2.75) is 47.1 Å². The number of rotatable bonds is 2. The Bertz CT molecular complexity index is 708. The van der Waals surface area contributed by atoms with Crippen molar-refractivity contribution in [2.75, 3.05) is 0 Å². The predicted octanol–water partition coefficient (Wildman–Crippen LogP) is 4.81. The SMILES string of the molecule is Cc1cc(C(=O)NC(C)(C)C)cc(-c2ccc(C)c(C)c2)c1. The van der Waals surface area contributed by atoms with Crippen molar-refractivity contribution in [1.82, 2.24) is 5.32 Å². The smallest absolute Gasteiger partial charge is 0.251 e. The molecule has 2 aromatic carbocycles. The highest BCUT2D eigenvalue weighted by Crippen LogP contribution is 2.25. The molecule has 1 amide bonds. The van der Waals surface area contributed by atoms with Crippen molar-refractivity contribution in [3.63, 3.8) is 0 Å². The van der Waals surface area contributed by atoms with Gasteiger partial charge < -0.3 is 5.32 Å². The summed E-state index contributed by atoms with van der Waals surface area (Å²) in [4.78, 5) is 12.4. The molecule has 116 valence electrons. The molecule has 0 radical (unpaired) electrons. The van der Waals surface area contributed by atoms with Crippen LogP contribution in [-0.2, 0) is 0 Å². The van der Waals surface area contributed by atoms with Gasteiger partial charge in [0.25, 0.3) is 5.91 Å². The molecule has 0 saturated carbocycles. The number of carbonyl (C=O) groups excluding carboxylic acids is 1. The van der Waals surface area contributed by atoms with Crippen LogP contribution in [0.4, 0.5) is 0 Å². The average molecular weight is 295 g/mol. The fourth-order valence-electron chi connectivity index (χ4n) is 2.41. The highest BCUT2D eigenvalue weighted by atomic mass is 16.1. The summed E-state index contributed by atoms with van der Waals surface area (Å²) in [6.45, 7) is 12.2. The fraction of sp³-hybridized carbons (Fsp3) is 0.350. The fourth-order valence-corrected chi connectivity index (χ4v) is 2.41. The second kappa shape index (κ2) is 5.96. The van der Waals surface area contributed by atoms with Crippen molar-refractivity contribution in [2.24, 2.45) is 0 Å². The quantitative estimate of drug-likeness (QED) is 0.846. The molecule has 2 aromatic rings. The largest absolute Gasteiger partial charge is 0.347 e. The first-order valence-electron chi connectivity index (χ1n) is 7.67. The third-order valence-electron chi connectivity index (χ3n) is 3.67. The van der Waals surface area contributed by atoms with Gasteiger partial charge in [0.15, 0.2) is 0 Å². The van der Waals surface area contributed by atoms with E-state index >= 15 is 0 Å². The van der Waals surface area contributed by atoms with E-state index in [-0.39, 0.29) is 11.4 Å². The summed E-state index contributed by atoms with van der Waals surface area (Å²) in [6, 6.07) is 12.4. The van der Waals surface area contributed by atoms with E-state index in [4.69, 9.17) is 0 Å². The number of aryl methyl sites for hydroxylation is 3. The van der Waals surface area contributed by atoms with Crippen LogP contribution in [0, 0.1) is 20.8 Å². The van der Waals surface area contributed by atoms with Crippen LogP contribution in [0.1, 0.15) is 47.8 Å². The van der Waals surface area contributed by atoms with Gasteiger partial charge in [0.05, 0.1) is 0 Å². The zero-order chi connectivity index (χ0) is 16.5. The summed E-state index contributed by atoms with van der Waals surface area (Å²) in [5.41, 5.74) is 6.35. The first-order chi connectivity index (χ1) is 10.2. The Balaban J connectivity index is 2.42. The Morgan fingerprint density at radius 2 is 1.55 bits per heavy atom. The maximum absolute atomic E-state index is 12.4. The zero-order valence-corrected chi connectivity index (χ0v) is 14.4. The molecule has 0 unspecified atom stereocenters. The molecule has 0 bridgehead atoms. The number of amides is 1. The van der Waals surface area contributed by atoms with Crippen molar-refractivity contribution < 1.29 is 4.79 Å². The van der Waals surface area contributed by atoms with Crippen LogP contribution in [0.15, 0.2) is 36.4 Å². The monoisotopic (exact) mass is 295 g/mol. The topological polar surface area (TPSA) is 29.1 Å². The van der Waals surface area contributed by atoms with Gasteiger partial charge in [-0.05, 0) is 81.5 Å². The van der Waals surface area contributed by atoms with Crippen molar-refractivity contribution in [1.29, 1.82) is 0 Å². The molecule has 0 spiro atoms. The van der Waals surface area contributed by atoms with Gasteiger partial charge in [-0.1, -0.05) is 24.3 Å². The molecule has 2 heteroatoms. The molecule has 22 heavy (non-hydrogen) atoms. The van der Waals surface area contributed by atoms with Gasteiger partial charge in [-0.25, -0.2) is 0 Å². The van der Waals surface area contributed by atoms with E-state index in [0.717, 1.165) is 16.7 Å². The molecule has 2 rings (SSSR count). The summed E-state index contributed by atoms with van der Waals surface area (Å²) in [5.74, 6) is -0.0266. The van der Waals surface area contributed by atoms with E-state index in [2.05, 4.69) is 43.4 Å². The molecule has 0 fully saturated rings. The molecule has 0 heterocycles. The maximum atomic E-state index is 12.4. The van der Waals surface area contributed by atoms with E-state index in [0.29, 0.717) is 5.56 Å². The summed E-state index contributed by atoms with van der Waals surface area (Å²) < 4.78 is 0. The molecule has 0 aliphatic heterocycles. The summed E-state index contributed by atoms with van der Waals surface area (Å²) in [6.07, 6.45) is 0. The van der Waals surface area contributed by atoms with Crippen LogP contribution in [0.2, 0.25) is 0 Å². The average Bonchev–Trinajstić information content (AvgIpc) is 2.39. The van der Waals surface area contributed by atoms with E-state index in [1.165, 1.54) is 11.1 Å². The molecule has 0 atom stereocenters. The standard InChI is InChI=1S/C20H25NO/c1-13-9-17(16-8-7-14(2)15(3)11-16)12-18(10-13)19(22)21-20(4,5)6/h7-12H,1-6H3,(H,21,22). The molecular weight excluding hydrogens is 270 g/mol. The minimum Gasteiger partial charge on any atom is -0.347 e. The van der Waals surface area contributed by atoms with Gasteiger partial charge in [0, 0.05) is 11.1 Å². The van der Waals surface area contributed by atoms with E-state index in [1.54, 1.807) is 0 Å². The number of carbonyl (C=O) groups is 1. The van der Waals surface area contributed by atoms with Crippen molar-refractivity contribution in [3.8, 4) is 11.1 Å². The van der Waals surface area contributed by atoms with Crippen LogP contribution in [0.25, 0.3) is 11.1 Å².